The molecule has 0 heterocycles. The molecule has 32 heavy (non-hydrogen) atoms. The lowest BCUT2D eigenvalue weighted by Crippen LogP contribution is -2.52. The van der Waals surface area contributed by atoms with Gasteiger partial charge in [-0.1, -0.05) is 90.9 Å². The number of hydrogen-bond donors (Lipinski definition) is 0. The predicted molar refractivity (Wildman–Crippen MR) is 142 cm³/mol. The van der Waals surface area contributed by atoms with Gasteiger partial charge in [-0.15, -0.1) is 0 Å². The van der Waals surface area contributed by atoms with Crippen LogP contribution in [-0.2, 0) is 13.3 Å². The lowest BCUT2D eigenvalue weighted by atomic mass is 10.0. The molecular weight excluding hydrogens is 414 g/mol. The second-order valence-electron chi connectivity index (χ2n) is 9.57. The van der Waals surface area contributed by atoms with E-state index in [0.29, 0.717) is 31.4 Å². The van der Waals surface area contributed by atoms with Gasteiger partial charge in [0.1, 0.15) is 0 Å². The van der Waals surface area contributed by atoms with Gasteiger partial charge in [-0.3, -0.25) is 0 Å². The minimum atomic E-state index is -2.69. The van der Waals surface area contributed by atoms with Gasteiger partial charge in [-0.05, 0) is 54.1 Å². The summed E-state index contributed by atoms with van der Waals surface area (Å²) in [5.74, 6) is 0. The fraction of sp³-hybridized carbons (Fsp3) is 1.00. The molecule has 0 rings (SSSR count). The molecule has 4 nitrogen and oxygen atoms in total. The highest BCUT2D eigenvalue weighted by Crippen LogP contribution is 2.37. The van der Waals surface area contributed by atoms with E-state index < -0.39 is 8.80 Å². The average molecular weight is 474 g/mol. The SMILES string of the molecule is CCCCCCCCCCCCCC(CC(CCC)N(C)C)[Si](OCC)(OCC)OCC. The average Bonchev–Trinajstić information content (AvgIpc) is 2.76. The summed E-state index contributed by atoms with van der Waals surface area (Å²) in [6.07, 6.45) is 19.9. The Morgan fingerprint density at radius 1 is 0.562 bits per heavy atom. The van der Waals surface area contributed by atoms with Gasteiger partial charge >= 0.3 is 8.80 Å². The number of rotatable bonds is 24. The van der Waals surface area contributed by atoms with Crippen molar-refractivity contribution < 1.29 is 13.3 Å². The van der Waals surface area contributed by atoms with Crippen LogP contribution in [0.4, 0.5) is 0 Å². The van der Waals surface area contributed by atoms with E-state index in [4.69, 9.17) is 13.3 Å². The van der Waals surface area contributed by atoms with Crippen molar-refractivity contribution in [3.63, 3.8) is 0 Å². The zero-order valence-electron chi connectivity index (χ0n) is 23.1. The van der Waals surface area contributed by atoms with Crippen LogP contribution in [0.3, 0.4) is 0 Å². The molecule has 0 aromatic carbocycles. The third-order valence-corrected chi connectivity index (χ3v) is 10.2. The quantitative estimate of drug-likeness (QED) is 0.104. The highest BCUT2D eigenvalue weighted by molar-refractivity contribution is 6.62. The molecule has 0 saturated carbocycles. The Balaban J connectivity index is 4.77. The summed E-state index contributed by atoms with van der Waals surface area (Å²) in [6.45, 7) is 12.8. The van der Waals surface area contributed by atoms with Crippen LogP contribution in [0.2, 0.25) is 5.54 Å². The first-order chi connectivity index (χ1) is 15.5. The van der Waals surface area contributed by atoms with Crippen LogP contribution in [-0.4, -0.2) is 53.7 Å². The molecule has 5 heteroatoms. The van der Waals surface area contributed by atoms with Crippen molar-refractivity contribution in [2.45, 2.75) is 143 Å². The molecule has 0 aromatic rings. The van der Waals surface area contributed by atoms with Gasteiger partial charge in [-0.25, -0.2) is 0 Å². The molecule has 0 radical (unpaired) electrons. The second-order valence-corrected chi connectivity index (χ2v) is 12.5. The van der Waals surface area contributed by atoms with E-state index in [1.54, 1.807) is 0 Å². The smallest absolute Gasteiger partial charge is 0.374 e. The van der Waals surface area contributed by atoms with E-state index in [1.807, 2.05) is 0 Å². The Labute approximate surface area is 203 Å². The van der Waals surface area contributed by atoms with Gasteiger partial charge in [-0.2, -0.15) is 0 Å². The van der Waals surface area contributed by atoms with Crippen molar-refractivity contribution in [1.82, 2.24) is 4.90 Å². The van der Waals surface area contributed by atoms with Crippen molar-refractivity contribution >= 4 is 8.80 Å². The van der Waals surface area contributed by atoms with Gasteiger partial charge in [0, 0.05) is 31.4 Å². The molecule has 194 valence electrons. The summed E-state index contributed by atoms with van der Waals surface area (Å²) in [5.41, 5.74) is 0.389. The molecule has 0 bridgehead atoms. The zero-order valence-corrected chi connectivity index (χ0v) is 24.1. The summed E-state index contributed by atoms with van der Waals surface area (Å²) in [7, 11) is 1.74. The van der Waals surface area contributed by atoms with Gasteiger partial charge in [0.25, 0.3) is 0 Å². The molecule has 0 aromatic heterocycles. The first-order valence-electron chi connectivity index (χ1n) is 14.1. The Hall–Kier alpha value is 0.0569. The summed E-state index contributed by atoms with van der Waals surface area (Å²) in [6, 6.07) is 0.561. The van der Waals surface area contributed by atoms with Crippen molar-refractivity contribution in [3.05, 3.63) is 0 Å². The molecule has 0 aliphatic heterocycles. The van der Waals surface area contributed by atoms with E-state index >= 15 is 0 Å². The monoisotopic (exact) mass is 473 g/mol. The standard InChI is InChI=1S/C27H59NO3Si/c1-8-13-14-15-16-17-18-19-20-21-22-24-27(25-26(23-9-2)28(6)7)32(29-10-3,30-11-4)31-12-5/h26-27H,8-25H2,1-7H3. The van der Waals surface area contributed by atoms with Crippen molar-refractivity contribution in [3.8, 4) is 0 Å². The highest BCUT2D eigenvalue weighted by Gasteiger charge is 2.49. The Bertz CT molecular complexity index is 378. The van der Waals surface area contributed by atoms with Crippen LogP contribution in [0.15, 0.2) is 0 Å². The van der Waals surface area contributed by atoms with Crippen molar-refractivity contribution in [1.29, 1.82) is 0 Å². The van der Waals surface area contributed by atoms with Crippen molar-refractivity contribution in [2.24, 2.45) is 0 Å². The number of nitrogens with zero attached hydrogens (tertiary/aromatic N) is 1. The first-order valence-corrected chi connectivity index (χ1v) is 15.9. The summed E-state index contributed by atoms with van der Waals surface area (Å²) in [5, 5.41) is 0. The maximum absolute atomic E-state index is 6.36. The molecule has 0 N–H and O–H groups in total. The fourth-order valence-electron chi connectivity index (χ4n) is 4.82. The lowest BCUT2D eigenvalue weighted by Gasteiger charge is -2.38. The Morgan fingerprint density at radius 2 is 1.00 bits per heavy atom. The van der Waals surface area contributed by atoms with Crippen LogP contribution < -0.4 is 0 Å². The van der Waals surface area contributed by atoms with Crippen LogP contribution in [0.1, 0.15) is 131 Å². The van der Waals surface area contributed by atoms with Crippen LogP contribution in [0.5, 0.6) is 0 Å². The summed E-state index contributed by atoms with van der Waals surface area (Å²) in [4.78, 5) is 2.39. The molecule has 0 saturated heterocycles. The maximum Gasteiger partial charge on any atom is 0.504 e. The summed E-state index contributed by atoms with van der Waals surface area (Å²) < 4.78 is 19.1. The molecule has 0 spiro atoms. The number of unbranched alkanes of at least 4 members (excludes halogenated alkanes) is 10. The van der Waals surface area contributed by atoms with Crippen molar-refractivity contribution in [2.75, 3.05) is 33.9 Å². The molecule has 0 aliphatic rings. The largest absolute Gasteiger partial charge is 0.504 e. The third kappa shape index (κ3) is 14.3. The zero-order chi connectivity index (χ0) is 24.1. The van der Waals surface area contributed by atoms with E-state index in [1.165, 1.54) is 83.5 Å². The van der Waals surface area contributed by atoms with Crippen LogP contribution in [0.25, 0.3) is 0 Å². The third-order valence-electron chi connectivity index (χ3n) is 6.60. The van der Waals surface area contributed by atoms with E-state index in [-0.39, 0.29) is 0 Å². The highest BCUT2D eigenvalue weighted by atomic mass is 28.4. The molecule has 0 fully saturated rings. The lowest BCUT2D eigenvalue weighted by molar-refractivity contribution is 0.0545. The van der Waals surface area contributed by atoms with Gasteiger partial charge in [0.2, 0.25) is 0 Å². The van der Waals surface area contributed by atoms with E-state index in [0.717, 1.165) is 12.8 Å². The Morgan fingerprint density at radius 3 is 1.38 bits per heavy atom. The summed E-state index contributed by atoms with van der Waals surface area (Å²) >= 11 is 0. The molecule has 0 amide bonds. The maximum atomic E-state index is 6.36. The Kier molecular flexibility index (Phi) is 21.6. The minimum absolute atomic E-state index is 0.389. The molecule has 2 atom stereocenters. The van der Waals surface area contributed by atoms with E-state index in [2.05, 4.69) is 53.6 Å². The molecular formula is C27H59NO3Si. The number of hydrogen-bond acceptors (Lipinski definition) is 4. The topological polar surface area (TPSA) is 30.9 Å². The normalized spacial score (nSPS) is 14.2. The van der Waals surface area contributed by atoms with Gasteiger partial charge in [0.05, 0.1) is 0 Å². The fourth-order valence-corrected chi connectivity index (χ4v) is 8.11. The van der Waals surface area contributed by atoms with Gasteiger partial charge in [0.15, 0.2) is 0 Å². The van der Waals surface area contributed by atoms with Gasteiger partial charge < -0.3 is 18.2 Å². The minimum Gasteiger partial charge on any atom is -0.374 e. The second kappa shape index (κ2) is 21.6. The molecule has 2 unspecified atom stereocenters. The predicted octanol–water partition coefficient (Wildman–Crippen LogP) is 8.23. The van der Waals surface area contributed by atoms with Crippen LogP contribution in [0, 0.1) is 0 Å². The molecule has 0 aliphatic carbocycles. The first kappa shape index (κ1) is 32.1. The van der Waals surface area contributed by atoms with E-state index in [9.17, 15) is 0 Å². The van der Waals surface area contributed by atoms with Crippen LogP contribution >= 0.6 is 0 Å².